The van der Waals surface area contributed by atoms with Crippen LogP contribution in [0.1, 0.15) is 4.88 Å². The molecule has 3 rings (SSSR count). The van der Waals surface area contributed by atoms with E-state index in [-0.39, 0.29) is 0 Å². The van der Waals surface area contributed by atoms with Crippen molar-refractivity contribution in [3.8, 4) is 10.6 Å². The summed E-state index contributed by atoms with van der Waals surface area (Å²) >= 11 is 3.53. The minimum atomic E-state index is 0.813. The Hall–Kier alpha value is -0.910. The van der Waals surface area contributed by atoms with E-state index in [1.807, 2.05) is 0 Å². The van der Waals surface area contributed by atoms with Gasteiger partial charge in [-0.25, -0.2) is 4.98 Å². The van der Waals surface area contributed by atoms with Crippen molar-refractivity contribution >= 4 is 27.8 Å². The van der Waals surface area contributed by atoms with Gasteiger partial charge in [-0.15, -0.1) is 22.7 Å². The Morgan fingerprint density at radius 2 is 2.12 bits per heavy atom. The van der Waals surface area contributed by atoms with Crippen molar-refractivity contribution in [2.45, 2.75) is 6.92 Å². The fraction of sp³-hybridized carbons (Fsp3) is 0.417. The zero-order valence-electron chi connectivity index (χ0n) is 9.68. The molecule has 1 saturated heterocycles. The van der Waals surface area contributed by atoms with Crippen LogP contribution in [0.15, 0.2) is 17.5 Å². The Morgan fingerprint density at radius 1 is 1.29 bits per heavy atom. The lowest BCUT2D eigenvalue weighted by molar-refractivity contribution is 0.122. The van der Waals surface area contributed by atoms with Crippen LogP contribution in [-0.2, 0) is 4.74 Å². The molecule has 5 heteroatoms. The quantitative estimate of drug-likeness (QED) is 0.835. The molecule has 0 N–H and O–H groups in total. The van der Waals surface area contributed by atoms with Crippen molar-refractivity contribution < 1.29 is 4.74 Å². The van der Waals surface area contributed by atoms with Crippen molar-refractivity contribution in [1.29, 1.82) is 0 Å². The largest absolute Gasteiger partial charge is 0.378 e. The van der Waals surface area contributed by atoms with Gasteiger partial charge in [0, 0.05) is 23.3 Å². The summed E-state index contributed by atoms with van der Waals surface area (Å²) < 4.78 is 5.35. The molecule has 17 heavy (non-hydrogen) atoms. The van der Waals surface area contributed by atoms with Crippen LogP contribution in [-0.4, -0.2) is 31.3 Å². The fourth-order valence-corrected chi connectivity index (χ4v) is 3.63. The number of ether oxygens (including phenoxy) is 1. The van der Waals surface area contributed by atoms with Crippen molar-refractivity contribution in [2.24, 2.45) is 0 Å². The van der Waals surface area contributed by atoms with Crippen LogP contribution >= 0.6 is 22.7 Å². The Kier molecular flexibility index (Phi) is 3.13. The highest BCUT2D eigenvalue weighted by molar-refractivity contribution is 7.17. The average Bonchev–Trinajstić information content (AvgIpc) is 2.98. The average molecular weight is 266 g/mol. The fourth-order valence-electron chi connectivity index (χ4n) is 1.85. The van der Waals surface area contributed by atoms with Crippen LogP contribution in [0.2, 0.25) is 0 Å². The number of thiazole rings is 1. The highest BCUT2D eigenvalue weighted by Crippen LogP contribution is 2.31. The van der Waals surface area contributed by atoms with E-state index < -0.39 is 0 Å². The lowest BCUT2D eigenvalue weighted by atomic mass is 10.4. The monoisotopic (exact) mass is 266 g/mol. The van der Waals surface area contributed by atoms with Crippen LogP contribution in [0.5, 0.6) is 0 Å². The molecule has 0 spiro atoms. The molecule has 2 aromatic heterocycles. The molecular weight excluding hydrogens is 252 g/mol. The van der Waals surface area contributed by atoms with Crippen molar-refractivity contribution in [3.05, 3.63) is 22.4 Å². The predicted octanol–water partition coefficient (Wildman–Crippen LogP) is 3.02. The van der Waals surface area contributed by atoms with Gasteiger partial charge in [0.1, 0.15) is 0 Å². The maximum atomic E-state index is 5.35. The van der Waals surface area contributed by atoms with E-state index in [4.69, 9.17) is 9.72 Å². The lowest BCUT2D eigenvalue weighted by Gasteiger charge is -2.25. The Labute approximate surface area is 109 Å². The third kappa shape index (κ3) is 2.36. The molecule has 0 aromatic carbocycles. The van der Waals surface area contributed by atoms with Gasteiger partial charge in [-0.2, -0.15) is 0 Å². The van der Waals surface area contributed by atoms with E-state index in [0.29, 0.717) is 0 Å². The molecule has 90 valence electrons. The number of nitrogens with zero attached hydrogens (tertiary/aromatic N) is 2. The number of hydrogen-bond donors (Lipinski definition) is 0. The maximum Gasteiger partial charge on any atom is 0.186 e. The first-order valence-corrected chi connectivity index (χ1v) is 7.37. The molecular formula is C12H14N2OS2. The van der Waals surface area contributed by atoms with Crippen LogP contribution < -0.4 is 4.90 Å². The Morgan fingerprint density at radius 3 is 2.82 bits per heavy atom. The molecule has 0 amide bonds. The Bertz CT molecular complexity index is 500. The third-order valence-electron chi connectivity index (χ3n) is 2.77. The lowest BCUT2D eigenvalue weighted by Crippen LogP contribution is -2.36. The van der Waals surface area contributed by atoms with E-state index in [0.717, 1.165) is 37.1 Å². The summed E-state index contributed by atoms with van der Waals surface area (Å²) in [5.41, 5.74) is 1.11. The second-order valence-electron chi connectivity index (χ2n) is 4.03. The molecule has 0 atom stereocenters. The van der Waals surface area contributed by atoms with Gasteiger partial charge in [0.15, 0.2) is 5.13 Å². The maximum absolute atomic E-state index is 5.35. The molecule has 0 unspecified atom stereocenters. The molecule has 0 bridgehead atoms. The smallest absolute Gasteiger partial charge is 0.186 e. The van der Waals surface area contributed by atoms with E-state index in [1.165, 1.54) is 9.75 Å². The molecule has 0 radical (unpaired) electrons. The molecule has 2 aromatic rings. The summed E-state index contributed by atoms with van der Waals surface area (Å²) in [4.78, 5) is 9.62. The van der Waals surface area contributed by atoms with Gasteiger partial charge in [0.25, 0.3) is 0 Å². The van der Waals surface area contributed by atoms with Gasteiger partial charge in [-0.3, -0.25) is 0 Å². The zero-order valence-corrected chi connectivity index (χ0v) is 11.3. The number of aryl methyl sites for hydroxylation is 1. The number of hydrogen-bond acceptors (Lipinski definition) is 5. The minimum Gasteiger partial charge on any atom is -0.378 e. The van der Waals surface area contributed by atoms with E-state index in [9.17, 15) is 0 Å². The SMILES string of the molecule is Cc1ccc(-c2csc(N3CCOCC3)n2)s1. The van der Waals surface area contributed by atoms with Gasteiger partial charge in [0.2, 0.25) is 0 Å². The van der Waals surface area contributed by atoms with Gasteiger partial charge in [-0.1, -0.05) is 0 Å². The molecule has 1 aliphatic heterocycles. The van der Waals surface area contributed by atoms with Crippen molar-refractivity contribution in [3.63, 3.8) is 0 Å². The highest BCUT2D eigenvalue weighted by Gasteiger charge is 2.15. The zero-order chi connectivity index (χ0) is 11.7. The van der Waals surface area contributed by atoms with Gasteiger partial charge < -0.3 is 9.64 Å². The molecule has 0 saturated carbocycles. The van der Waals surface area contributed by atoms with Crippen molar-refractivity contribution in [1.82, 2.24) is 4.98 Å². The number of morpholine rings is 1. The topological polar surface area (TPSA) is 25.4 Å². The minimum absolute atomic E-state index is 0.813. The van der Waals surface area contributed by atoms with E-state index in [2.05, 4.69) is 29.3 Å². The number of aromatic nitrogens is 1. The van der Waals surface area contributed by atoms with E-state index in [1.54, 1.807) is 22.7 Å². The third-order valence-corrected chi connectivity index (χ3v) is 4.69. The van der Waals surface area contributed by atoms with E-state index >= 15 is 0 Å². The second kappa shape index (κ2) is 4.76. The standard InChI is InChI=1S/C12H14N2OS2/c1-9-2-3-11(17-9)10-8-16-12(13-10)14-4-6-15-7-5-14/h2-3,8H,4-7H2,1H3. The number of thiophene rings is 1. The summed E-state index contributed by atoms with van der Waals surface area (Å²) in [7, 11) is 0. The first-order valence-electron chi connectivity index (χ1n) is 5.68. The summed E-state index contributed by atoms with van der Waals surface area (Å²) in [5, 5.41) is 3.27. The van der Waals surface area contributed by atoms with Crippen LogP contribution in [0.3, 0.4) is 0 Å². The van der Waals surface area contributed by atoms with Crippen LogP contribution in [0.4, 0.5) is 5.13 Å². The molecule has 1 aliphatic rings. The van der Waals surface area contributed by atoms with Gasteiger partial charge in [-0.05, 0) is 19.1 Å². The highest BCUT2D eigenvalue weighted by atomic mass is 32.1. The van der Waals surface area contributed by atoms with Gasteiger partial charge >= 0.3 is 0 Å². The summed E-state index contributed by atoms with van der Waals surface area (Å²) in [6.07, 6.45) is 0. The van der Waals surface area contributed by atoms with Crippen molar-refractivity contribution in [2.75, 3.05) is 31.2 Å². The van der Waals surface area contributed by atoms with Gasteiger partial charge in [0.05, 0.1) is 23.8 Å². The molecule has 0 aliphatic carbocycles. The first kappa shape index (κ1) is 11.2. The first-order chi connectivity index (χ1) is 8.33. The normalized spacial score (nSPS) is 16.4. The predicted molar refractivity (Wildman–Crippen MR) is 73.2 cm³/mol. The van der Waals surface area contributed by atoms with Crippen LogP contribution in [0.25, 0.3) is 10.6 Å². The summed E-state index contributed by atoms with van der Waals surface area (Å²) in [6.45, 7) is 5.66. The number of anilines is 1. The Balaban J connectivity index is 1.82. The number of rotatable bonds is 2. The summed E-state index contributed by atoms with van der Waals surface area (Å²) in [5.74, 6) is 0. The summed E-state index contributed by atoms with van der Waals surface area (Å²) in [6, 6.07) is 4.30. The van der Waals surface area contributed by atoms with Crippen LogP contribution in [0, 0.1) is 6.92 Å². The molecule has 3 heterocycles. The molecule has 3 nitrogen and oxygen atoms in total. The second-order valence-corrected chi connectivity index (χ2v) is 6.15. The molecule has 1 fully saturated rings.